The van der Waals surface area contributed by atoms with E-state index in [4.69, 9.17) is 0 Å². The van der Waals surface area contributed by atoms with Gasteiger partial charge in [0, 0.05) is 10.9 Å². The highest BCUT2D eigenvalue weighted by Crippen LogP contribution is 2.24. The molecule has 1 heterocycles. The van der Waals surface area contributed by atoms with Gasteiger partial charge in [0.2, 0.25) is 0 Å². The van der Waals surface area contributed by atoms with E-state index in [1.165, 1.54) is 2.88 Å². The van der Waals surface area contributed by atoms with E-state index in [9.17, 15) is 4.79 Å². The van der Waals surface area contributed by atoms with E-state index < -0.39 is 0 Å². The van der Waals surface area contributed by atoms with Crippen molar-refractivity contribution in [3.05, 3.63) is 31.5 Å². The molecule has 2 rings (SSSR count). The summed E-state index contributed by atoms with van der Waals surface area (Å²) in [5, 5.41) is 1.95. The van der Waals surface area contributed by atoms with Gasteiger partial charge in [-0.1, -0.05) is 6.08 Å². The lowest BCUT2D eigenvalue weighted by molar-refractivity contribution is 0.103. The summed E-state index contributed by atoms with van der Waals surface area (Å²) < 4.78 is 1.18. The van der Waals surface area contributed by atoms with E-state index in [1.54, 1.807) is 11.3 Å². The second-order valence-electron chi connectivity index (χ2n) is 3.09. The Morgan fingerprint density at radius 2 is 2.38 bits per heavy atom. The number of Topliss-reactive ketones (excluding diaryl/α,β-unsaturated/α-hetero) is 1. The number of halogens is 1. The van der Waals surface area contributed by atoms with Gasteiger partial charge in [-0.15, -0.1) is 11.3 Å². The summed E-state index contributed by atoms with van der Waals surface area (Å²) in [5.74, 6) is 0.233. The molecule has 1 aliphatic rings. The molecule has 0 saturated heterocycles. The van der Waals surface area contributed by atoms with Crippen LogP contribution in [0.15, 0.2) is 23.1 Å². The van der Waals surface area contributed by atoms with Gasteiger partial charge in [0.25, 0.3) is 0 Å². The van der Waals surface area contributed by atoms with E-state index in [2.05, 4.69) is 28.7 Å². The predicted molar refractivity (Wildman–Crippen MR) is 63.3 cm³/mol. The van der Waals surface area contributed by atoms with E-state index >= 15 is 0 Å². The number of ketones is 1. The van der Waals surface area contributed by atoms with Crippen molar-refractivity contribution in [3.63, 3.8) is 0 Å². The zero-order valence-corrected chi connectivity index (χ0v) is 10.0. The number of allylic oxidation sites excluding steroid dienone is 2. The van der Waals surface area contributed by atoms with Crippen molar-refractivity contribution in [2.24, 2.45) is 0 Å². The van der Waals surface area contributed by atoms with Crippen LogP contribution in [0.4, 0.5) is 0 Å². The predicted octanol–water partition coefficient (Wildman–Crippen LogP) is 3.65. The van der Waals surface area contributed by atoms with Gasteiger partial charge in [-0.05, 0) is 53.5 Å². The molecule has 0 fully saturated rings. The van der Waals surface area contributed by atoms with Crippen molar-refractivity contribution in [1.29, 1.82) is 0 Å². The number of carbonyl (C=O) groups is 1. The molecule has 1 aliphatic carbocycles. The van der Waals surface area contributed by atoms with Gasteiger partial charge in [-0.25, -0.2) is 0 Å². The van der Waals surface area contributed by atoms with Crippen molar-refractivity contribution in [1.82, 2.24) is 0 Å². The third-order valence-corrected chi connectivity index (χ3v) is 3.95. The Hall–Kier alpha value is -0.160. The number of thiophene rings is 1. The van der Waals surface area contributed by atoms with Gasteiger partial charge in [0.1, 0.15) is 0 Å². The molecule has 0 atom stereocenters. The molecular formula is C10H9IOS. The average Bonchev–Trinajstić information content (AvgIpc) is 2.72. The quantitative estimate of drug-likeness (QED) is 0.602. The van der Waals surface area contributed by atoms with Crippen molar-refractivity contribution < 1.29 is 4.79 Å². The van der Waals surface area contributed by atoms with Crippen LogP contribution in [0.2, 0.25) is 0 Å². The SMILES string of the molecule is O=C(C1=CCCC1)c1csc(I)c1. The van der Waals surface area contributed by atoms with Crippen molar-refractivity contribution in [2.45, 2.75) is 19.3 Å². The lowest BCUT2D eigenvalue weighted by Gasteiger charge is -1.96. The molecule has 1 aromatic heterocycles. The Bertz CT molecular complexity index is 365. The summed E-state index contributed by atoms with van der Waals surface area (Å²) in [7, 11) is 0. The maximum absolute atomic E-state index is 11.8. The highest BCUT2D eigenvalue weighted by Gasteiger charge is 2.15. The molecule has 0 unspecified atom stereocenters. The minimum absolute atomic E-state index is 0.233. The van der Waals surface area contributed by atoms with E-state index in [-0.39, 0.29) is 5.78 Å². The fraction of sp³-hybridized carbons (Fsp3) is 0.300. The molecule has 0 aliphatic heterocycles. The second-order valence-corrected chi connectivity index (χ2v) is 5.90. The van der Waals surface area contributed by atoms with Crippen LogP contribution in [-0.2, 0) is 0 Å². The smallest absolute Gasteiger partial charge is 0.189 e. The molecule has 0 N–H and O–H groups in total. The minimum Gasteiger partial charge on any atom is -0.289 e. The van der Waals surface area contributed by atoms with Gasteiger partial charge >= 0.3 is 0 Å². The third-order valence-electron chi connectivity index (χ3n) is 2.16. The van der Waals surface area contributed by atoms with Crippen molar-refractivity contribution in [3.8, 4) is 0 Å². The summed E-state index contributed by atoms with van der Waals surface area (Å²) in [5.41, 5.74) is 1.87. The van der Waals surface area contributed by atoms with Crippen LogP contribution in [0.1, 0.15) is 29.6 Å². The summed E-state index contributed by atoms with van der Waals surface area (Å²) in [6.45, 7) is 0. The molecule has 0 spiro atoms. The maximum atomic E-state index is 11.8. The van der Waals surface area contributed by atoms with Gasteiger partial charge in [-0.3, -0.25) is 4.79 Å². The molecular weight excluding hydrogens is 295 g/mol. The van der Waals surface area contributed by atoms with E-state index in [0.717, 1.165) is 30.4 Å². The largest absolute Gasteiger partial charge is 0.289 e. The molecule has 0 saturated carbocycles. The first kappa shape index (κ1) is 9.40. The Labute approximate surface area is 95.0 Å². The molecule has 13 heavy (non-hydrogen) atoms. The van der Waals surface area contributed by atoms with Crippen LogP contribution in [0, 0.1) is 2.88 Å². The van der Waals surface area contributed by atoms with Gasteiger partial charge in [-0.2, -0.15) is 0 Å². The molecule has 1 nitrogen and oxygen atoms in total. The van der Waals surface area contributed by atoms with Gasteiger partial charge in [0.15, 0.2) is 5.78 Å². The normalized spacial score (nSPS) is 15.9. The fourth-order valence-corrected chi connectivity index (χ4v) is 2.82. The summed E-state index contributed by atoms with van der Waals surface area (Å²) in [6.07, 6.45) is 5.25. The highest BCUT2D eigenvalue weighted by molar-refractivity contribution is 14.1. The molecule has 0 aromatic carbocycles. The van der Waals surface area contributed by atoms with Crippen LogP contribution in [-0.4, -0.2) is 5.78 Å². The summed E-state index contributed by atoms with van der Waals surface area (Å²) >= 11 is 3.87. The Morgan fingerprint density at radius 1 is 1.54 bits per heavy atom. The molecule has 68 valence electrons. The number of carbonyl (C=O) groups excluding carboxylic acids is 1. The molecule has 0 radical (unpaired) electrons. The molecule has 0 bridgehead atoms. The zero-order chi connectivity index (χ0) is 9.26. The standard InChI is InChI=1S/C10H9IOS/c11-9-5-8(6-13-9)10(12)7-3-1-2-4-7/h3,5-6H,1-2,4H2. The average molecular weight is 304 g/mol. The fourth-order valence-electron chi connectivity index (χ4n) is 1.49. The van der Waals surface area contributed by atoms with Crippen molar-refractivity contribution >= 4 is 39.7 Å². The lowest BCUT2D eigenvalue weighted by atomic mass is 10.1. The second kappa shape index (κ2) is 3.92. The molecule has 0 amide bonds. The van der Waals surface area contributed by atoms with Crippen LogP contribution >= 0.6 is 33.9 Å². The lowest BCUT2D eigenvalue weighted by Crippen LogP contribution is -1.99. The van der Waals surface area contributed by atoms with E-state index in [0.29, 0.717) is 0 Å². The number of hydrogen-bond donors (Lipinski definition) is 0. The topological polar surface area (TPSA) is 17.1 Å². The van der Waals surface area contributed by atoms with Crippen LogP contribution in [0.3, 0.4) is 0 Å². The number of rotatable bonds is 2. The van der Waals surface area contributed by atoms with Crippen LogP contribution < -0.4 is 0 Å². The molecule has 3 heteroatoms. The van der Waals surface area contributed by atoms with E-state index in [1.807, 2.05) is 11.4 Å². The Balaban J connectivity index is 2.22. The van der Waals surface area contributed by atoms with Crippen LogP contribution in [0.25, 0.3) is 0 Å². The van der Waals surface area contributed by atoms with Crippen molar-refractivity contribution in [2.75, 3.05) is 0 Å². The highest BCUT2D eigenvalue weighted by atomic mass is 127. The number of hydrogen-bond acceptors (Lipinski definition) is 2. The third kappa shape index (κ3) is 2.02. The Morgan fingerprint density at radius 3 is 2.92 bits per heavy atom. The Kier molecular flexibility index (Phi) is 2.83. The zero-order valence-electron chi connectivity index (χ0n) is 7.05. The first-order valence-electron chi connectivity index (χ1n) is 4.25. The minimum atomic E-state index is 0.233. The van der Waals surface area contributed by atoms with Gasteiger partial charge in [0.05, 0.1) is 2.88 Å². The first-order chi connectivity index (χ1) is 6.27. The molecule has 1 aromatic rings. The first-order valence-corrected chi connectivity index (χ1v) is 6.21. The van der Waals surface area contributed by atoms with Gasteiger partial charge < -0.3 is 0 Å². The van der Waals surface area contributed by atoms with Crippen LogP contribution in [0.5, 0.6) is 0 Å². The maximum Gasteiger partial charge on any atom is 0.189 e. The summed E-state index contributed by atoms with van der Waals surface area (Å²) in [6, 6.07) is 1.96. The summed E-state index contributed by atoms with van der Waals surface area (Å²) in [4.78, 5) is 11.8. The monoisotopic (exact) mass is 304 g/mol.